The zero-order valence-electron chi connectivity index (χ0n) is 12.7. The number of rotatable bonds is 10. The topological polar surface area (TPSA) is 34.1 Å². The van der Waals surface area contributed by atoms with Gasteiger partial charge in [0, 0.05) is 18.3 Å². The summed E-state index contributed by atoms with van der Waals surface area (Å²) in [5.41, 5.74) is 2.32. The molecule has 1 aromatic heterocycles. The highest BCUT2D eigenvalue weighted by Crippen LogP contribution is 2.13. The number of nitrogens with one attached hydrogen (secondary N) is 1. The minimum atomic E-state index is 0.758. The van der Waals surface area contributed by atoms with Gasteiger partial charge in [-0.15, -0.1) is 0 Å². The lowest BCUT2D eigenvalue weighted by Crippen LogP contribution is -2.15. The highest BCUT2D eigenvalue weighted by Gasteiger charge is 2.02. The van der Waals surface area contributed by atoms with Crippen LogP contribution >= 0.6 is 0 Å². The van der Waals surface area contributed by atoms with Crippen LogP contribution in [0.2, 0.25) is 0 Å². The first kappa shape index (κ1) is 16.0. The molecule has 0 aliphatic carbocycles. The van der Waals surface area contributed by atoms with Gasteiger partial charge in [0.25, 0.3) is 0 Å². The van der Waals surface area contributed by atoms with Gasteiger partial charge in [-0.25, -0.2) is 4.98 Å². The lowest BCUT2D eigenvalue weighted by Gasteiger charge is -2.09. The van der Waals surface area contributed by atoms with E-state index in [9.17, 15) is 0 Å². The maximum absolute atomic E-state index is 5.68. The van der Waals surface area contributed by atoms with Crippen molar-refractivity contribution in [3.8, 4) is 5.88 Å². The number of nitrogens with zero attached hydrogens (tertiary/aromatic N) is 1. The standard InChI is InChI=1S/C16H28N2O/c1-4-6-7-8-12-19-16-10-9-15(14(3)18-16)13-17-11-5-2/h9-10,17H,4-8,11-13H2,1-3H3. The molecule has 1 N–H and O–H groups in total. The van der Waals surface area contributed by atoms with E-state index < -0.39 is 0 Å². The van der Waals surface area contributed by atoms with Crippen LogP contribution in [0.4, 0.5) is 0 Å². The Hall–Kier alpha value is -1.09. The predicted octanol–water partition coefficient (Wildman–Crippen LogP) is 3.85. The van der Waals surface area contributed by atoms with Crippen molar-refractivity contribution in [3.63, 3.8) is 0 Å². The van der Waals surface area contributed by atoms with E-state index in [4.69, 9.17) is 4.74 Å². The van der Waals surface area contributed by atoms with E-state index in [0.717, 1.165) is 44.1 Å². The van der Waals surface area contributed by atoms with Crippen molar-refractivity contribution in [3.05, 3.63) is 23.4 Å². The highest BCUT2D eigenvalue weighted by molar-refractivity contribution is 5.24. The van der Waals surface area contributed by atoms with E-state index in [1.807, 2.05) is 13.0 Å². The zero-order valence-corrected chi connectivity index (χ0v) is 12.7. The number of unbranched alkanes of at least 4 members (excludes halogenated alkanes) is 3. The van der Waals surface area contributed by atoms with Gasteiger partial charge >= 0.3 is 0 Å². The Morgan fingerprint density at radius 3 is 2.63 bits per heavy atom. The van der Waals surface area contributed by atoms with Gasteiger partial charge in [0.2, 0.25) is 5.88 Å². The summed E-state index contributed by atoms with van der Waals surface area (Å²) < 4.78 is 5.68. The van der Waals surface area contributed by atoms with Crippen molar-refractivity contribution < 1.29 is 4.74 Å². The maximum Gasteiger partial charge on any atom is 0.213 e. The van der Waals surface area contributed by atoms with Crippen LogP contribution in [0.25, 0.3) is 0 Å². The van der Waals surface area contributed by atoms with Crippen molar-refractivity contribution >= 4 is 0 Å². The normalized spacial score (nSPS) is 10.7. The summed E-state index contributed by atoms with van der Waals surface area (Å²) in [6, 6.07) is 4.10. The Morgan fingerprint density at radius 2 is 1.95 bits per heavy atom. The van der Waals surface area contributed by atoms with Gasteiger partial charge < -0.3 is 10.1 Å². The van der Waals surface area contributed by atoms with Gasteiger partial charge in [0.05, 0.1) is 6.61 Å². The summed E-state index contributed by atoms with van der Waals surface area (Å²) in [4.78, 5) is 4.51. The molecular formula is C16H28N2O. The van der Waals surface area contributed by atoms with E-state index in [1.165, 1.54) is 24.8 Å². The van der Waals surface area contributed by atoms with E-state index in [1.54, 1.807) is 0 Å². The molecule has 0 spiro atoms. The van der Waals surface area contributed by atoms with Gasteiger partial charge in [-0.3, -0.25) is 0 Å². The van der Waals surface area contributed by atoms with Crippen LogP contribution in [-0.4, -0.2) is 18.1 Å². The summed E-state index contributed by atoms with van der Waals surface area (Å²) in [7, 11) is 0. The minimum Gasteiger partial charge on any atom is -0.478 e. The number of aromatic nitrogens is 1. The second-order valence-corrected chi connectivity index (χ2v) is 4.98. The first-order chi connectivity index (χ1) is 9.27. The molecule has 0 radical (unpaired) electrons. The fourth-order valence-corrected chi connectivity index (χ4v) is 1.94. The van der Waals surface area contributed by atoms with Crippen LogP contribution in [0.3, 0.4) is 0 Å². The zero-order chi connectivity index (χ0) is 13.9. The smallest absolute Gasteiger partial charge is 0.213 e. The van der Waals surface area contributed by atoms with Gasteiger partial charge in [0.1, 0.15) is 0 Å². The van der Waals surface area contributed by atoms with Crippen LogP contribution in [0.1, 0.15) is 57.2 Å². The quantitative estimate of drug-likeness (QED) is 0.652. The van der Waals surface area contributed by atoms with Crippen molar-refractivity contribution in [2.45, 2.75) is 59.4 Å². The van der Waals surface area contributed by atoms with Gasteiger partial charge in [-0.05, 0) is 31.9 Å². The number of pyridine rings is 1. The second kappa shape index (κ2) is 9.79. The maximum atomic E-state index is 5.68. The van der Waals surface area contributed by atoms with Crippen molar-refractivity contribution in [1.82, 2.24) is 10.3 Å². The molecule has 1 rings (SSSR count). The van der Waals surface area contributed by atoms with Crippen LogP contribution in [0.5, 0.6) is 5.88 Å². The molecule has 0 aliphatic rings. The minimum absolute atomic E-state index is 0.758. The third-order valence-electron chi connectivity index (χ3n) is 3.16. The highest BCUT2D eigenvalue weighted by atomic mass is 16.5. The number of hydrogen-bond acceptors (Lipinski definition) is 3. The summed E-state index contributed by atoms with van der Waals surface area (Å²) in [5.74, 6) is 0.758. The average Bonchev–Trinajstić information content (AvgIpc) is 2.41. The summed E-state index contributed by atoms with van der Waals surface area (Å²) in [6.45, 7) is 9.16. The molecule has 0 aromatic carbocycles. The van der Waals surface area contributed by atoms with Crippen LogP contribution in [-0.2, 0) is 6.54 Å². The summed E-state index contributed by atoms with van der Waals surface area (Å²) in [6.07, 6.45) is 6.07. The molecule has 1 aromatic rings. The molecule has 108 valence electrons. The average molecular weight is 264 g/mol. The van der Waals surface area contributed by atoms with E-state index in [-0.39, 0.29) is 0 Å². The second-order valence-electron chi connectivity index (χ2n) is 4.98. The lowest BCUT2D eigenvalue weighted by molar-refractivity contribution is 0.293. The molecule has 3 nitrogen and oxygen atoms in total. The molecule has 0 amide bonds. The number of ether oxygens (including phenoxy) is 1. The van der Waals surface area contributed by atoms with Gasteiger partial charge in [-0.1, -0.05) is 39.2 Å². The van der Waals surface area contributed by atoms with E-state index >= 15 is 0 Å². The molecule has 0 saturated carbocycles. The predicted molar refractivity (Wildman–Crippen MR) is 80.6 cm³/mol. The largest absolute Gasteiger partial charge is 0.478 e. The molecule has 0 atom stereocenters. The summed E-state index contributed by atoms with van der Waals surface area (Å²) >= 11 is 0. The molecule has 0 unspecified atom stereocenters. The van der Waals surface area contributed by atoms with Crippen LogP contribution in [0.15, 0.2) is 12.1 Å². The molecule has 0 aliphatic heterocycles. The Balaban J connectivity index is 2.34. The fraction of sp³-hybridized carbons (Fsp3) is 0.688. The Bertz CT molecular complexity index is 353. The number of aryl methyl sites for hydroxylation is 1. The molecule has 0 fully saturated rings. The first-order valence-corrected chi connectivity index (χ1v) is 7.58. The van der Waals surface area contributed by atoms with Gasteiger partial charge in [0.15, 0.2) is 0 Å². The Morgan fingerprint density at radius 1 is 1.11 bits per heavy atom. The third kappa shape index (κ3) is 6.58. The van der Waals surface area contributed by atoms with E-state index in [2.05, 4.69) is 30.2 Å². The molecular weight excluding hydrogens is 236 g/mol. The lowest BCUT2D eigenvalue weighted by atomic mass is 10.2. The monoisotopic (exact) mass is 264 g/mol. The molecule has 3 heteroatoms. The SMILES string of the molecule is CCCCCCOc1ccc(CNCCC)c(C)n1. The van der Waals surface area contributed by atoms with Crippen molar-refractivity contribution in [2.75, 3.05) is 13.2 Å². The Labute approximate surface area is 117 Å². The molecule has 0 saturated heterocycles. The first-order valence-electron chi connectivity index (χ1n) is 7.58. The van der Waals surface area contributed by atoms with E-state index in [0.29, 0.717) is 0 Å². The van der Waals surface area contributed by atoms with Crippen LogP contribution < -0.4 is 10.1 Å². The molecule has 0 bridgehead atoms. The Kier molecular flexibility index (Phi) is 8.23. The van der Waals surface area contributed by atoms with Crippen molar-refractivity contribution in [2.24, 2.45) is 0 Å². The van der Waals surface area contributed by atoms with Crippen molar-refractivity contribution in [1.29, 1.82) is 0 Å². The summed E-state index contributed by atoms with van der Waals surface area (Å²) in [5, 5.41) is 3.40. The third-order valence-corrected chi connectivity index (χ3v) is 3.16. The van der Waals surface area contributed by atoms with Gasteiger partial charge in [-0.2, -0.15) is 0 Å². The van der Waals surface area contributed by atoms with Crippen LogP contribution in [0, 0.1) is 6.92 Å². The fourth-order valence-electron chi connectivity index (χ4n) is 1.94. The number of hydrogen-bond donors (Lipinski definition) is 1. The molecule has 1 heterocycles. The molecule has 19 heavy (non-hydrogen) atoms.